The van der Waals surface area contributed by atoms with E-state index in [9.17, 15) is 14.9 Å². The lowest BCUT2D eigenvalue weighted by atomic mass is 9.77. The van der Waals surface area contributed by atoms with E-state index in [0.717, 1.165) is 67.6 Å². The minimum absolute atomic E-state index is 0.00344. The summed E-state index contributed by atoms with van der Waals surface area (Å²) in [7, 11) is 0. The van der Waals surface area contributed by atoms with E-state index < -0.39 is 4.92 Å². The molecule has 2 atom stereocenters. The van der Waals surface area contributed by atoms with Gasteiger partial charge in [0, 0.05) is 40.7 Å². The molecule has 1 amide bonds. The van der Waals surface area contributed by atoms with Crippen LogP contribution in [0.1, 0.15) is 59.6 Å². The highest BCUT2D eigenvalue weighted by Crippen LogP contribution is 2.45. The van der Waals surface area contributed by atoms with Gasteiger partial charge in [-0.25, -0.2) is 5.01 Å². The molecule has 0 radical (unpaired) electrons. The Morgan fingerprint density at radius 3 is 2.30 bits per heavy atom. The lowest BCUT2D eigenvalue weighted by Crippen LogP contribution is -2.32. The van der Waals surface area contributed by atoms with Gasteiger partial charge in [-0.15, -0.1) is 0 Å². The van der Waals surface area contributed by atoms with Crippen molar-refractivity contribution in [3.63, 3.8) is 0 Å². The third-order valence-electron chi connectivity index (χ3n) is 8.00. The number of benzene rings is 3. The SMILES string of the molecule is O=C(c1ccc(N2CCCC2)c([N+](=O)[O-])c1)N1N=C2/C(=C/c3ccc(Cl)cc3)CCC[C@@H]2[C@H]1c1ccc(Cl)cc1. The number of hydrogen-bond donors (Lipinski definition) is 0. The molecular weight excluding hydrogens is 547 g/mol. The molecule has 2 heterocycles. The van der Waals surface area contributed by atoms with Gasteiger partial charge in [0.1, 0.15) is 5.69 Å². The predicted octanol–water partition coefficient (Wildman–Crippen LogP) is 7.94. The summed E-state index contributed by atoms with van der Waals surface area (Å²) in [5, 5.41) is 19.8. The number of allylic oxidation sites excluding steroid dienone is 1. The Balaban J connectivity index is 1.41. The Hall–Kier alpha value is -3.68. The quantitative estimate of drug-likeness (QED) is 0.229. The van der Waals surface area contributed by atoms with Crippen LogP contribution in [-0.4, -0.2) is 34.6 Å². The molecule has 0 aromatic heterocycles. The maximum atomic E-state index is 14.1. The van der Waals surface area contributed by atoms with Crippen molar-refractivity contribution in [2.24, 2.45) is 11.0 Å². The van der Waals surface area contributed by atoms with Crippen LogP contribution in [0.3, 0.4) is 0 Å². The van der Waals surface area contributed by atoms with E-state index in [2.05, 4.69) is 6.08 Å². The van der Waals surface area contributed by atoms with Crippen molar-refractivity contribution in [1.82, 2.24) is 5.01 Å². The van der Waals surface area contributed by atoms with Crippen LogP contribution in [0.2, 0.25) is 10.0 Å². The van der Waals surface area contributed by atoms with Crippen LogP contribution in [0.4, 0.5) is 11.4 Å². The van der Waals surface area contributed by atoms with Crippen LogP contribution in [0.15, 0.2) is 77.4 Å². The lowest BCUT2D eigenvalue weighted by molar-refractivity contribution is -0.384. The molecule has 3 aromatic rings. The highest BCUT2D eigenvalue weighted by Gasteiger charge is 2.44. The second-order valence-electron chi connectivity index (χ2n) is 10.5. The highest BCUT2D eigenvalue weighted by atomic mass is 35.5. The van der Waals surface area contributed by atoms with Crippen LogP contribution < -0.4 is 4.90 Å². The van der Waals surface area contributed by atoms with Gasteiger partial charge in [0.2, 0.25) is 0 Å². The average Bonchev–Trinajstić information content (AvgIpc) is 3.63. The van der Waals surface area contributed by atoms with Gasteiger partial charge in [0.25, 0.3) is 11.6 Å². The van der Waals surface area contributed by atoms with Gasteiger partial charge in [-0.2, -0.15) is 5.10 Å². The molecule has 1 saturated carbocycles. The largest absolute Gasteiger partial charge is 0.366 e. The van der Waals surface area contributed by atoms with Crippen molar-refractivity contribution in [2.75, 3.05) is 18.0 Å². The molecule has 0 unspecified atom stereocenters. The summed E-state index contributed by atoms with van der Waals surface area (Å²) in [6, 6.07) is 19.6. The third kappa shape index (κ3) is 5.11. The van der Waals surface area contributed by atoms with E-state index in [0.29, 0.717) is 15.7 Å². The Labute approximate surface area is 242 Å². The summed E-state index contributed by atoms with van der Waals surface area (Å²) in [5.74, 6) is -0.361. The molecule has 1 aliphatic carbocycles. The number of hydrazone groups is 1. The predicted molar refractivity (Wildman–Crippen MR) is 159 cm³/mol. The van der Waals surface area contributed by atoms with Gasteiger partial charge < -0.3 is 4.90 Å². The van der Waals surface area contributed by atoms with Gasteiger partial charge in [-0.05, 0) is 91.3 Å². The first-order valence-corrected chi connectivity index (χ1v) is 14.3. The Bertz CT molecular complexity index is 1510. The zero-order valence-corrected chi connectivity index (χ0v) is 23.3. The smallest absolute Gasteiger partial charge is 0.293 e. The van der Waals surface area contributed by atoms with Gasteiger partial charge in [0.15, 0.2) is 0 Å². The second kappa shape index (κ2) is 11.1. The highest BCUT2D eigenvalue weighted by molar-refractivity contribution is 6.30. The van der Waals surface area contributed by atoms with Crippen molar-refractivity contribution in [3.8, 4) is 0 Å². The van der Waals surface area contributed by atoms with Crippen LogP contribution in [-0.2, 0) is 0 Å². The number of fused-ring (bicyclic) bond motifs is 1. The molecule has 0 N–H and O–H groups in total. The maximum Gasteiger partial charge on any atom is 0.293 e. The molecule has 2 aliphatic heterocycles. The van der Waals surface area contributed by atoms with Crippen molar-refractivity contribution >= 4 is 52.3 Å². The number of nitro groups is 1. The fraction of sp³-hybridized carbons (Fsp3) is 0.290. The van der Waals surface area contributed by atoms with E-state index in [1.807, 2.05) is 53.4 Å². The first-order valence-electron chi connectivity index (χ1n) is 13.6. The number of carbonyl (C=O) groups excluding carboxylic acids is 1. The summed E-state index contributed by atoms with van der Waals surface area (Å²) in [5.41, 5.74) is 4.67. The normalized spacial score (nSPS) is 21.4. The number of nitro benzene ring substituents is 1. The van der Waals surface area contributed by atoms with Gasteiger partial charge >= 0.3 is 0 Å². The Kier molecular flexibility index (Phi) is 7.34. The summed E-state index contributed by atoms with van der Waals surface area (Å²) in [6.07, 6.45) is 6.80. The number of halogens is 2. The molecule has 0 bridgehead atoms. The number of hydrogen-bond acceptors (Lipinski definition) is 5. The zero-order chi connectivity index (χ0) is 27.8. The average molecular weight is 575 g/mol. The van der Waals surface area contributed by atoms with E-state index in [1.165, 1.54) is 11.1 Å². The topological polar surface area (TPSA) is 79.0 Å². The van der Waals surface area contributed by atoms with Gasteiger partial charge in [0.05, 0.1) is 16.7 Å². The lowest BCUT2D eigenvalue weighted by Gasteiger charge is -2.29. The molecule has 6 rings (SSSR count). The Morgan fingerprint density at radius 2 is 1.62 bits per heavy atom. The minimum Gasteiger partial charge on any atom is -0.366 e. The summed E-state index contributed by atoms with van der Waals surface area (Å²) >= 11 is 12.3. The first-order chi connectivity index (χ1) is 19.4. The maximum absolute atomic E-state index is 14.1. The van der Waals surface area contributed by atoms with Crippen LogP contribution in [0.5, 0.6) is 0 Å². The standard InChI is InChI=1S/C31H28Cl2N4O3/c32-24-11-6-20(7-12-24)18-22-4-3-5-26-29(22)34-36(30(26)21-8-13-25(33)14-9-21)31(38)23-10-15-27(28(19-23)37(39)40)35-16-1-2-17-35/h6-15,18-19,26,30H,1-5,16-17H2/b22-18+/t26-,30+/m0/s1. The zero-order valence-electron chi connectivity index (χ0n) is 21.8. The molecule has 40 heavy (non-hydrogen) atoms. The van der Waals surface area contributed by atoms with E-state index >= 15 is 0 Å². The number of carbonyl (C=O) groups is 1. The summed E-state index contributed by atoms with van der Waals surface area (Å²) < 4.78 is 0. The summed E-state index contributed by atoms with van der Waals surface area (Å²) in [4.78, 5) is 27.7. The Morgan fingerprint density at radius 1 is 0.950 bits per heavy atom. The van der Waals surface area contributed by atoms with E-state index in [-0.39, 0.29) is 29.1 Å². The molecule has 0 spiro atoms. The molecule has 1 saturated heterocycles. The molecule has 3 aliphatic rings. The summed E-state index contributed by atoms with van der Waals surface area (Å²) in [6.45, 7) is 1.55. The van der Waals surface area contributed by atoms with E-state index in [4.69, 9.17) is 28.3 Å². The van der Waals surface area contributed by atoms with Gasteiger partial charge in [-0.3, -0.25) is 14.9 Å². The fourth-order valence-electron chi connectivity index (χ4n) is 6.08. The number of rotatable bonds is 5. The fourth-order valence-corrected chi connectivity index (χ4v) is 6.33. The number of anilines is 1. The van der Waals surface area contributed by atoms with Crippen molar-refractivity contribution in [3.05, 3.63) is 109 Å². The van der Waals surface area contributed by atoms with Gasteiger partial charge in [-0.1, -0.05) is 47.5 Å². The van der Waals surface area contributed by atoms with Crippen molar-refractivity contribution in [1.29, 1.82) is 0 Å². The monoisotopic (exact) mass is 574 g/mol. The van der Waals surface area contributed by atoms with Crippen molar-refractivity contribution in [2.45, 2.75) is 38.1 Å². The van der Waals surface area contributed by atoms with E-state index in [1.54, 1.807) is 12.1 Å². The molecule has 9 heteroatoms. The molecule has 204 valence electrons. The molecule has 7 nitrogen and oxygen atoms in total. The van der Waals surface area contributed by atoms with Crippen LogP contribution in [0.25, 0.3) is 6.08 Å². The third-order valence-corrected chi connectivity index (χ3v) is 8.50. The number of nitrogens with zero attached hydrogens (tertiary/aromatic N) is 4. The van der Waals surface area contributed by atoms with Crippen LogP contribution >= 0.6 is 23.2 Å². The molecule has 2 fully saturated rings. The van der Waals surface area contributed by atoms with Crippen LogP contribution in [0, 0.1) is 16.0 Å². The second-order valence-corrected chi connectivity index (χ2v) is 11.4. The first kappa shape index (κ1) is 26.5. The molecular formula is C31H28Cl2N4O3. The number of amides is 1. The van der Waals surface area contributed by atoms with Crippen molar-refractivity contribution < 1.29 is 9.72 Å². The minimum atomic E-state index is -0.399. The molecule has 3 aromatic carbocycles.